The van der Waals surface area contributed by atoms with Crippen LogP contribution >= 0.6 is 0 Å². The molecular weight excluding hydrogens is 302 g/mol. The van der Waals surface area contributed by atoms with Gasteiger partial charge in [0.1, 0.15) is 0 Å². The maximum Gasteiger partial charge on any atom is 0.211 e. The number of piperidine rings is 1. The molecule has 3 atom stereocenters. The summed E-state index contributed by atoms with van der Waals surface area (Å²) in [6.07, 6.45) is 8.18. The van der Waals surface area contributed by atoms with Gasteiger partial charge in [0, 0.05) is 51.4 Å². The van der Waals surface area contributed by atoms with E-state index in [4.69, 9.17) is 0 Å². The largest absolute Gasteiger partial charge is 0.390 e. The number of sulfonamides is 1. The van der Waals surface area contributed by atoms with Gasteiger partial charge in [0.15, 0.2) is 0 Å². The first kappa shape index (κ1) is 16.6. The first-order valence-corrected chi connectivity index (χ1v) is 10.2. The molecule has 3 aliphatic rings. The molecule has 0 saturated carbocycles. The van der Waals surface area contributed by atoms with Crippen molar-refractivity contribution in [3.05, 3.63) is 6.42 Å². The summed E-state index contributed by atoms with van der Waals surface area (Å²) in [7, 11) is -3.07. The van der Waals surface area contributed by atoms with E-state index in [0.29, 0.717) is 44.8 Å². The summed E-state index contributed by atoms with van der Waals surface area (Å²) < 4.78 is 24.5. The molecule has 3 heterocycles. The number of β-amino-alcohol motifs (C(OH)–C–C–N with tert-alkyl or cyclic N) is 1. The van der Waals surface area contributed by atoms with Crippen molar-refractivity contribution in [3.8, 4) is 0 Å². The van der Waals surface area contributed by atoms with Gasteiger partial charge in [-0.1, -0.05) is 0 Å². The molecule has 0 spiro atoms. The zero-order valence-electron chi connectivity index (χ0n) is 13.4. The van der Waals surface area contributed by atoms with Gasteiger partial charge in [-0.15, -0.1) is 0 Å². The topological polar surface area (TPSA) is 64.1 Å². The van der Waals surface area contributed by atoms with Gasteiger partial charge in [0.05, 0.1) is 12.4 Å². The highest BCUT2D eigenvalue weighted by molar-refractivity contribution is 7.88. The molecule has 1 unspecified atom stereocenters. The molecule has 22 heavy (non-hydrogen) atoms. The quantitative estimate of drug-likeness (QED) is 0.753. The van der Waals surface area contributed by atoms with E-state index < -0.39 is 10.0 Å². The number of nitrogens with zero attached hydrogens (tertiary/aromatic N) is 3. The minimum atomic E-state index is -3.07. The summed E-state index contributed by atoms with van der Waals surface area (Å²) in [6, 6.07) is 1.27. The van der Waals surface area contributed by atoms with Gasteiger partial charge >= 0.3 is 0 Å². The summed E-state index contributed by atoms with van der Waals surface area (Å²) in [5, 5.41) is 10.4. The Morgan fingerprint density at radius 2 is 1.68 bits per heavy atom. The molecule has 0 aromatic carbocycles. The number of aliphatic hydroxyl groups is 1. The molecule has 3 saturated heterocycles. The maximum absolute atomic E-state index is 11.5. The van der Waals surface area contributed by atoms with Crippen LogP contribution in [0.5, 0.6) is 0 Å². The van der Waals surface area contributed by atoms with Crippen LogP contribution in [0.3, 0.4) is 0 Å². The molecule has 0 aliphatic carbocycles. The summed E-state index contributed by atoms with van der Waals surface area (Å²) in [4.78, 5) is 4.68. The number of hydrogen-bond donors (Lipinski definition) is 1. The summed E-state index contributed by atoms with van der Waals surface area (Å²) in [5.41, 5.74) is 0. The van der Waals surface area contributed by atoms with Crippen LogP contribution in [0.4, 0.5) is 0 Å². The fraction of sp³-hybridized carbons (Fsp3) is 0.933. The number of aliphatic hydroxyl groups excluding tert-OH is 1. The Morgan fingerprint density at radius 1 is 1.09 bits per heavy atom. The van der Waals surface area contributed by atoms with Crippen molar-refractivity contribution in [3.63, 3.8) is 0 Å². The Morgan fingerprint density at radius 3 is 2.23 bits per heavy atom. The lowest BCUT2D eigenvalue weighted by Crippen LogP contribution is -2.52. The van der Waals surface area contributed by atoms with Crippen molar-refractivity contribution < 1.29 is 13.5 Å². The summed E-state index contributed by atoms with van der Waals surface area (Å²) in [5.74, 6) is 0. The van der Waals surface area contributed by atoms with Gasteiger partial charge < -0.3 is 5.11 Å². The molecule has 2 bridgehead atoms. The second-order valence-corrected chi connectivity index (χ2v) is 8.94. The first-order valence-electron chi connectivity index (χ1n) is 8.36. The zero-order chi connectivity index (χ0) is 15.7. The molecule has 3 aliphatic heterocycles. The van der Waals surface area contributed by atoms with E-state index in [1.165, 1.54) is 23.4 Å². The predicted molar refractivity (Wildman–Crippen MR) is 85.9 cm³/mol. The van der Waals surface area contributed by atoms with Crippen LogP contribution in [0.15, 0.2) is 0 Å². The minimum absolute atomic E-state index is 0.342. The Kier molecular flexibility index (Phi) is 5.09. The molecule has 0 aromatic heterocycles. The molecule has 7 heteroatoms. The lowest BCUT2D eigenvalue weighted by Gasteiger charge is -2.38. The average molecular weight is 330 g/mol. The normalized spacial score (nSPS) is 33.2. The van der Waals surface area contributed by atoms with Crippen LogP contribution in [-0.2, 0) is 10.0 Å². The Labute approximate surface area is 134 Å². The van der Waals surface area contributed by atoms with E-state index >= 15 is 0 Å². The summed E-state index contributed by atoms with van der Waals surface area (Å²) in [6.45, 7) is 3.91. The second-order valence-electron chi connectivity index (χ2n) is 6.96. The van der Waals surface area contributed by atoms with Crippen LogP contribution < -0.4 is 0 Å². The lowest BCUT2D eigenvalue weighted by molar-refractivity contribution is 0.0399. The van der Waals surface area contributed by atoms with Gasteiger partial charge in [-0.2, -0.15) is 4.31 Å². The second kappa shape index (κ2) is 6.73. The van der Waals surface area contributed by atoms with E-state index in [9.17, 15) is 13.5 Å². The average Bonchev–Trinajstić information content (AvgIpc) is 2.69. The van der Waals surface area contributed by atoms with E-state index in [-0.39, 0.29) is 6.10 Å². The summed E-state index contributed by atoms with van der Waals surface area (Å²) >= 11 is 0. The monoisotopic (exact) mass is 330 g/mol. The Balaban J connectivity index is 1.44. The zero-order valence-corrected chi connectivity index (χ0v) is 14.2. The number of rotatable bonds is 5. The predicted octanol–water partition coefficient (Wildman–Crippen LogP) is -0.244. The number of piperazine rings is 1. The molecule has 3 rings (SSSR count). The van der Waals surface area contributed by atoms with E-state index in [2.05, 4.69) is 16.2 Å². The van der Waals surface area contributed by atoms with E-state index in [1.807, 2.05) is 0 Å². The van der Waals surface area contributed by atoms with Crippen molar-refractivity contribution in [2.45, 2.75) is 43.9 Å². The van der Waals surface area contributed by atoms with Gasteiger partial charge in [0.25, 0.3) is 0 Å². The standard InChI is InChI=1S/C15H28N3O3S/c1-22(20,21)17-9-7-16(8-10-17)11-15(19)12-18-13-3-2-4-14(18)6-5-13/h2,13-15,19H,3-12H2,1H3/t13-,14+,15?. The van der Waals surface area contributed by atoms with Gasteiger partial charge in [0.2, 0.25) is 10.0 Å². The third-order valence-electron chi connectivity index (χ3n) is 5.34. The molecule has 3 fully saturated rings. The highest BCUT2D eigenvalue weighted by Gasteiger charge is 2.37. The molecule has 1 radical (unpaired) electrons. The van der Waals surface area contributed by atoms with Gasteiger partial charge in [-0.3, -0.25) is 9.80 Å². The smallest absolute Gasteiger partial charge is 0.211 e. The van der Waals surface area contributed by atoms with Crippen LogP contribution in [0.25, 0.3) is 0 Å². The third-order valence-corrected chi connectivity index (χ3v) is 6.64. The molecule has 1 N–H and O–H groups in total. The molecule has 0 amide bonds. The maximum atomic E-state index is 11.5. The van der Waals surface area contributed by atoms with Crippen molar-refractivity contribution in [2.24, 2.45) is 0 Å². The Hall–Kier alpha value is -0.210. The van der Waals surface area contributed by atoms with Gasteiger partial charge in [-0.25, -0.2) is 8.42 Å². The van der Waals surface area contributed by atoms with Crippen molar-refractivity contribution in [2.75, 3.05) is 45.5 Å². The lowest BCUT2D eigenvalue weighted by atomic mass is 10.0. The molecule has 0 aromatic rings. The van der Waals surface area contributed by atoms with Crippen LogP contribution in [0.1, 0.15) is 25.7 Å². The SMILES string of the molecule is CS(=O)(=O)N1CCN(CC(O)CN2[C@@H]3C[CH]C[C@H]2CC3)CC1. The number of fused-ring (bicyclic) bond motifs is 2. The van der Waals surface area contributed by atoms with Gasteiger partial charge in [-0.05, 0) is 32.1 Å². The third kappa shape index (κ3) is 3.82. The Bertz CT molecular complexity index is 460. The highest BCUT2D eigenvalue weighted by Crippen LogP contribution is 2.34. The molecule has 6 nitrogen and oxygen atoms in total. The first-order chi connectivity index (χ1) is 10.4. The van der Waals surface area contributed by atoms with Crippen molar-refractivity contribution in [1.29, 1.82) is 0 Å². The number of hydrogen-bond acceptors (Lipinski definition) is 5. The van der Waals surface area contributed by atoms with Crippen LogP contribution in [0, 0.1) is 6.42 Å². The minimum Gasteiger partial charge on any atom is -0.390 e. The van der Waals surface area contributed by atoms with E-state index in [1.54, 1.807) is 0 Å². The van der Waals surface area contributed by atoms with Crippen LogP contribution in [-0.4, -0.2) is 91.3 Å². The van der Waals surface area contributed by atoms with Crippen molar-refractivity contribution in [1.82, 2.24) is 14.1 Å². The molecule has 127 valence electrons. The highest BCUT2D eigenvalue weighted by atomic mass is 32.2. The molecular formula is C15H28N3O3S. The van der Waals surface area contributed by atoms with Crippen LogP contribution in [0.2, 0.25) is 0 Å². The fourth-order valence-corrected chi connectivity index (χ4v) is 4.97. The fourth-order valence-electron chi connectivity index (χ4n) is 4.14. The van der Waals surface area contributed by atoms with Crippen molar-refractivity contribution >= 4 is 10.0 Å². The van der Waals surface area contributed by atoms with E-state index in [0.717, 1.165) is 19.4 Å².